The first kappa shape index (κ1) is 10.5. The molecule has 0 fully saturated rings. The number of thiophene rings is 1. The Morgan fingerprint density at radius 3 is 2.93 bits per heavy atom. The van der Waals surface area contributed by atoms with Crippen LogP contribution in [0.25, 0.3) is 0 Å². The van der Waals surface area contributed by atoms with E-state index in [0.717, 1.165) is 18.7 Å². The zero-order chi connectivity index (χ0) is 10.5. The Hall–Kier alpha value is -1.06. The highest BCUT2D eigenvalue weighted by atomic mass is 32.1. The highest BCUT2D eigenvalue weighted by Crippen LogP contribution is 2.21. The smallest absolute Gasteiger partial charge is 0.121 e. The minimum absolute atomic E-state index is 0.295. The minimum atomic E-state index is 0.295. The van der Waals surface area contributed by atoms with E-state index < -0.39 is 0 Å². The third-order valence-corrected chi connectivity index (χ3v) is 3.22. The van der Waals surface area contributed by atoms with E-state index in [0.29, 0.717) is 6.04 Å². The summed E-state index contributed by atoms with van der Waals surface area (Å²) < 4.78 is 5.44. The normalized spacial score (nSPS) is 12.9. The minimum Gasteiger partial charge on any atom is -0.468 e. The lowest BCUT2D eigenvalue weighted by Gasteiger charge is -2.14. The molecule has 0 aromatic carbocycles. The van der Waals surface area contributed by atoms with E-state index in [-0.39, 0.29) is 0 Å². The molecule has 0 bridgehead atoms. The summed E-state index contributed by atoms with van der Waals surface area (Å²) >= 11 is 1.79. The first-order chi connectivity index (χ1) is 7.40. The lowest BCUT2D eigenvalue weighted by atomic mass is 10.1. The lowest BCUT2D eigenvalue weighted by molar-refractivity contribution is 0.418. The summed E-state index contributed by atoms with van der Waals surface area (Å²) in [4.78, 5) is 1.39. The van der Waals surface area contributed by atoms with Crippen molar-refractivity contribution in [3.05, 3.63) is 46.5 Å². The summed E-state index contributed by atoms with van der Waals surface area (Å²) in [6.07, 6.45) is 2.73. The molecule has 0 amide bonds. The van der Waals surface area contributed by atoms with Gasteiger partial charge in [-0.2, -0.15) is 0 Å². The van der Waals surface area contributed by atoms with Crippen molar-refractivity contribution in [2.24, 2.45) is 0 Å². The molecule has 0 spiro atoms. The van der Waals surface area contributed by atoms with E-state index in [1.54, 1.807) is 17.6 Å². The molecule has 0 aliphatic rings. The maximum atomic E-state index is 5.44. The van der Waals surface area contributed by atoms with Crippen LogP contribution in [0.2, 0.25) is 0 Å². The van der Waals surface area contributed by atoms with Gasteiger partial charge in [0.1, 0.15) is 5.76 Å². The quantitative estimate of drug-likeness (QED) is 0.838. The molecule has 0 saturated carbocycles. The van der Waals surface area contributed by atoms with Gasteiger partial charge in [-0.25, -0.2) is 0 Å². The Kier molecular flexibility index (Phi) is 3.59. The molecule has 1 atom stereocenters. The SMILES string of the molecule is CCNC(Cc1cccs1)c1ccco1. The van der Waals surface area contributed by atoms with Crippen LogP contribution >= 0.6 is 11.3 Å². The van der Waals surface area contributed by atoms with Crippen molar-refractivity contribution < 1.29 is 4.42 Å². The topological polar surface area (TPSA) is 25.2 Å². The van der Waals surface area contributed by atoms with Crippen LogP contribution in [0.15, 0.2) is 40.3 Å². The van der Waals surface area contributed by atoms with Gasteiger partial charge in [-0.05, 0) is 30.1 Å². The summed E-state index contributed by atoms with van der Waals surface area (Å²) in [7, 11) is 0. The highest BCUT2D eigenvalue weighted by molar-refractivity contribution is 7.09. The van der Waals surface area contributed by atoms with Crippen LogP contribution in [0.4, 0.5) is 0 Å². The Balaban J connectivity index is 2.07. The van der Waals surface area contributed by atoms with E-state index in [9.17, 15) is 0 Å². The monoisotopic (exact) mass is 221 g/mol. The van der Waals surface area contributed by atoms with Crippen LogP contribution in [0.3, 0.4) is 0 Å². The number of nitrogens with one attached hydrogen (secondary N) is 1. The van der Waals surface area contributed by atoms with Gasteiger partial charge in [0.25, 0.3) is 0 Å². The molecule has 2 heterocycles. The Morgan fingerprint density at radius 1 is 1.40 bits per heavy atom. The van der Waals surface area contributed by atoms with Crippen LogP contribution in [0.5, 0.6) is 0 Å². The first-order valence-electron chi connectivity index (χ1n) is 5.19. The molecule has 0 radical (unpaired) electrons. The second-order valence-electron chi connectivity index (χ2n) is 3.41. The second-order valence-corrected chi connectivity index (χ2v) is 4.44. The average Bonchev–Trinajstić information content (AvgIpc) is 2.89. The number of furan rings is 1. The molecule has 0 saturated heterocycles. The highest BCUT2D eigenvalue weighted by Gasteiger charge is 2.13. The molecular formula is C12H15NOS. The van der Waals surface area contributed by atoms with Gasteiger partial charge in [-0.1, -0.05) is 13.0 Å². The third-order valence-electron chi connectivity index (χ3n) is 2.32. The van der Waals surface area contributed by atoms with Crippen molar-refractivity contribution in [1.82, 2.24) is 5.32 Å². The molecule has 0 aliphatic carbocycles. The van der Waals surface area contributed by atoms with Crippen LogP contribution in [-0.2, 0) is 6.42 Å². The van der Waals surface area contributed by atoms with E-state index in [2.05, 4.69) is 29.8 Å². The predicted octanol–water partition coefficient (Wildman–Crippen LogP) is 3.23. The van der Waals surface area contributed by atoms with Crippen molar-refractivity contribution in [1.29, 1.82) is 0 Å². The fourth-order valence-corrected chi connectivity index (χ4v) is 2.39. The zero-order valence-electron chi connectivity index (χ0n) is 8.77. The van der Waals surface area contributed by atoms with Crippen molar-refractivity contribution in [2.75, 3.05) is 6.54 Å². The number of hydrogen-bond acceptors (Lipinski definition) is 3. The Bertz CT molecular complexity index is 366. The molecule has 1 unspecified atom stereocenters. The van der Waals surface area contributed by atoms with Gasteiger partial charge in [0.05, 0.1) is 12.3 Å². The van der Waals surface area contributed by atoms with Crippen LogP contribution < -0.4 is 5.32 Å². The van der Waals surface area contributed by atoms with Crippen molar-refractivity contribution >= 4 is 11.3 Å². The fraction of sp³-hybridized carbons (Fsp3) is 0.333. The Labute approximate surface area is 93.9 Å². The molecule has 15 heavy (non-hydrogen) atoms. The van der Waals surface area contributed by atoms with Gasteiger partial charge in [-0.15, -0.1) is 11.3 Å². The predicted molar refractivity (Wildman–Crippen MR) is 63.1 cm³/mol. The summed E-state index contributed by atoms with van der Waals surface area (Å²) in [6.45, 7) is 3.07. The first-order valence-corrected chi connectivity index (χ1v) is 6.07. The molecule has 2 nitrogen and oxygen atoms in total. The molecule has 80 valence electrons. The van der Waals surface area contributed by atoms with Crippen molar-refractivity contribution in [2.45, 2.75) is 19.4 Å². The summed E-state index contributed by atoms with van der Waals surface area (Å²) in [5, 5.41) is 5.55. The molecule has 3 heteroatoms. The van der Waals surface area contributed by atoms with Gasteiger partial charge in [0.2, 0.25) is 0 Å². The van der Waals surface area contributed by atoms with Gasteiger partial charge in [-0.3, -0.25) is 0 Å². The Morgan fingerprint density at radius 2 is 2.33 bits per heavy atom. The maximum Gasteiger partial charge on any atom is 0.121 e. The van der Waals surface area contributed by atoms with Gasteiger partial charge in [0.15, 0.2) is 0 Å². The number of rotatable bonds is 5. The number of likely N-dealkylation sites (N-methyl/N-ethyl adjacent to an activating group) is 1. The van der Waals surface area contributed by atoms with Crippen molar-refractivity contribution in [3.63, 3.8) is 0 Å². The van der Waals surface area contributed by atoms with E-state index in [1.165, 1.54) is 4.88 Å². The van der Waals surface area contributed by atoms with E-state index in [1.807, 2.05) is 12.1 Å². The molecule has 1 N–H and O–H groups in total. The largest absolute Gasteiger partial charge is 0.468 e. The zero-order valence-corrected chi connectivity index (χ0v) is 9.59. The molecule has 2 aromatic rings. The van der Waals surface area contributed by atoms with Gasteiger partial charge in [0, 0.05) is 11.3 Å². The molecule has 2 rings (SSSR count). The maximum absolute atomic E-state index is 5.44. The second kappa shape index (κ2) is 5.14. The van der Waals surface area contributed by atoms with Crippen LogP contribution in [0.1, 0.15) is 23.6 Å². The molecule has 2 aromatic heterocycles. The van der Waals surface area contributed by atoms with Gasteiger partial charge < -0.3 is 9.73 Å². The summed E-state index contributed by atoms with van der Waals surface area (Å²) in [5.41, 5.74) is 0. The molecular weight excluding hydrogens is 206 g/mol. The van der Waals surface area contributed by atoms with Crippen LogP contribution in [0, 0.1) is 0 Å². The number of hydrogen-bond donors (Lipinski definition) is 1. The van der Waals surface area contributed by atoms with Crippen LogP contribution in [-0.4, -0.2) is 6.54 Å². The standard InChI is InChI=1S/C12H15NOS/c1-2-13-11(12-6-3-7-14-12)9-10-5-4-8-15-10/h3-8,11,13H,2,9H2,1H3. The van der Waals surface area contributed by atoms with Crippen molar-refractivity contribution in [3.8, 4) is 0 Å². The fourth-order valence-electron chi connectivity index (χ4n) is 1.64. The van der Waals surface area contributed by atoms with E-state index >= 15 is 0 Å². The van der Waals surface area contributed by atoms with Gasteiger partial charge >= 0.3 is 0 Å². The summed E-state index contributed by atoms with van der Waals surface area (Å²) in [5.74, 6) is 1.02. The average molecular weight is 221 g/mol. The third kappa shape index (κ3) is 2.70. The summed E-state index contributed by atoms with van der Waals surface area (Å²) in [6, 6.07) is 8.52. The molecule has 0 aliphatic heterocycles. The lowest BCUT2D eigenvalue weighted by Crippen LogP contribution is -2.22. The van der Waals surface area contributed by atoms with E-state index in [4.69, 9.17) is 4.42 Å².